The highest BCUT2D eigenvalue weighted by atomic mass is 32.2. The zero-order valence-corrected chi connectivity index (χ0v) is 9.74. The van der Waals surface area contributed by atoms with Gasteiger partial charge in [0.1, 0.15) is 6.04 Å². The molecule has 2 saturated heterocycles. The van der Waals surface area contributed by atoms with E-state index in [1.165, 1.54) is 0 Å². The molecule has 2 aliphatic rings. The number of hydrogen-bond acceptors (Lipinski definition) is 5. The number of rotatable bonds is 1. The molecule has 4 unspecified atom stereocenters. The number of morpholine rings is 1. The normalized spacial score (nSPS) is 42.3. The fraction of sp³-hybridized carbons (Fsp3) is 0.889. The Morgan fingerprint density at radius 1 is 1.50 bits per heavy atom. The molecule has 0 aliphatic carbocycles. The molecule has 4 atom stereocenters. The van der Waals surface area contributed by atoms with Gasteiger partial charge in [0.25, 0.3) is 0 Å². The monoisotopic (exact) mass is 249 g/mol. The van der Waals surface area contributed by atoms with Crippen molar-refractivity contribution < 1.29 is 23.1 Å². The van der Waals surface area contributed by atoms with Crippen molar-refractivity contribution in [1.29, 1.82) is 0 Å². The topological polar surface area (TPSA) is 92.7 Å². The molecule has 16 heavy (non-hydrogen) atoms. The van der Waals surface area contributed by atoms with Crippen molar-refractivity contribution in [2.24, 2.45) is 0 Å². The number of nitrogens with one attached hydrogen (secondary N) is 1. The highest BCUT2D eigenvalue weighted by Crippen LogP contribution is 2.23. The molecule has 7 heteroatoms. The fourth-order valence-electron chi connectivity index (χ4n) is 2.27. The number of ether oxygens (including phenoxy) is 1. The summed E-state index contributed by atoms with van der Waals surface area (Å²) in [5.41, 5.74) is 0. The van der Waals surface area contributed by atoms with E-state index in [4.69, 9.17) is 9.84 Å². The lowest BCUT2D eigenvalue weighted by atomic mass is 10.0. The molecule has 0 aromatic rings. The summed E-state index contributed by atoms with van der Waals surface area (Å²) in [6.07, 6.45) is -0.176. The molecule has 0 spiro atoms. The second-order valence-electron chi connectivity index (χ2n) is 4.37. The Morgan fingerprint density at radius 2 is 2.19 bits per heavy atom. The largest absolute Gasteiger partial charge is 0.480 e. The molecule has 2 heterocycles. The van der Waals surface area contributed by atoms with Crippen LogP contribution in [0.25, 0.3) is 0 Å². The van der Waals surface area contributed by atoms with Crippen LogP contribution in [-0.2, 0) is 19.4 Å². The SMILES string of the molecule is CC1OC2CCS(=O)(=O)CC2NC1C(=O)O. The highest BCUT2D eigenvalue weighted by molar-refractivity contribution is 7.91. The molecule has 2 fully saturated rings. The predicted molar refractivity (Wildman–Crippen MR) is 56.0 cm³/mol. The van der Waals surface area contributed by atoms with Crippen molar-refractivity contribution >= 4 is 15.8 Å². The van der Waals surface area contributed by atoms with Crippen LogP contribution in [0.4, 0.5) is 0 Å². The van der Waals surface area contributed by atoms with Crippen LogP contribution in [0.5, 0.6) is 0 Å². The van der Waals surface area contributed by atoms with Crippen LogP contribution < -0.4 is 5.32 Å². The number of carbonyl (C=O) groups is 1. The van der Waals surface area contributed by atoms with Gasteiger partial charge in [0.05, 0.1) is 23.7 Å². The summed E-state index contributed by atoms with van der Waals surface area (Å²) in [6, 6.07) is -1.22. The Morgan fingerprint density at radius 3 is 2.81 bits per heavy atom. The maximum absolute atomic E-state index is 11.4. The van der Waals surface area contributed by atoms with Gasteiger partial charge in [-0.15, -0.1) is 0 Å². The number of hydrogen-bond donors (Lipinski definition) is 2. The first kappa shape index (κ1) is 11.8. The van der Waals surface area contributed by atoms with Gasteiger partial charge in [-0.05, 0) is 13.3 Å². The lowest BCUT2D eigenvalue weighted by Crippen LogP contribution is -2.64. The van der Waals surface area contributed by atoms with E-state index in [-0.39, 0.29) is 17.6 Å². The van der Waals surface area contributed by atoms with Crippen molar-refractivity contribution in [1.82, 2.24) is 5.32 Å². The average molecular weight is 249 g/mol. The number of fused-ring (bicyclic) bond motifs is 1. The van der Waals surface area contributed by atoms with E-state index in [1.54, 1.807) is 6.92 Å². The molecule has 0 aromatic heterocycles. The Labute approximate surface area is 93.9 Å². The van der Waals surface area contributed by atoms with Crippen LogP contribution in [0.2, 0.25) is 0 Å². The molecule has 92 valence electrons. The second kappa shape index (κ2) is 3.97. The molecule has 0 amide bonds. The number of aliphatic carboxylic acids is 1. The Kier molecular flexibility index (Phi) is 2.93. The molecule has 0 aromatic carbocycles. The van der Waals surface area contributed by atoms with E-state index in [0.717, 1.165) is 0 Å². The summed E-state index contributed by atoms with van der Waals surface area (Å²) in [4.78, 5) is 10.9. The van der Waals surface area contributed by atoms with Crippen molar-refractivity contribution in [3.63, 3.8) is 0 Å². The summed E-state index contributed by atoms with van der Waals surface area (Å²) in [5, 5.41) is 11.8. The van der Waals surface area contributed by atoms with Gasteiger partial charge in [0, 0.05) is 6.04 Å². The Bertz CT molecular complexity index is 393. The molecule has 0 radical (unpaired) electrons. The Balaban J connectivity index is 2.13. The number of carboxylic acid groups (broad SMARTS) is 1. The summed E-state index contributed by atoms with van der Waals surface area (Å²) in [7, 11) is -3.06. The van der Waals surface area contributed by atoms with Gasteiger partial charge in [-0.25, -0.2) is 8.42 Å². The number of carboxylic acids is 1. The van der Waals surface area contributed by atoms with Crippen LogP contribution in [0, 0.1) is 0 Å². The fourth-order valence-corrected chi connectivity index (χ4v) is 3.89. The summed E-state index contributed by atoms with van der Waals surface area (Å²) in [6.45, 7) is 1.69. The molecule has 2 aliphatic heterocycles. The lowest BCUT2D eigenvalue weighted by Gasteiger charge is -2.41. The zero-order chi connectivity index (χ0) is 11.9. The van der Waals surface area contributed by atoms with Crippen LogP contribution in [0.1, 0.15) is 13.3 Å². The Hall–Kier alpha value is -0.660. The van der Waals surface area contributed by atoms with Crippen LogP contribution in [0.3, 0.4) is 0 Å². The quantitative estimate of drug-likeness (QED) is 0.619. The molecule has 0 bridgehead atoms. The van der Waals surface area contributed by atoms with Gasteiger partial charge in [-0.1, -0.05) is 0 Å². The van der Waals surface area contributed by atoms with Crippen LogP contribution in [-0.4, -0.2) is 55.3 Å². The summed E-state index contributed by atoms with van der Waals surface area (Å²) < 4.78 is 28.4. The maximum Gasteiger partial charge on any atom is 0.323 e. The van der Waals surface area contributed by atoms with E-state index < -0.39 is 34.0 Å². The molecule has 6 nitrogen and oxygen atoms in total. The minimum absolute atomic E-state index is 0.0336. The lowest BCUT2D eigenvalue weighted by molar-refractivity contribution is -0.152. The van der Waals surface area contributed by atoms with E-state index in [1.807, 2.05) is 0 Å². The smallest absolute Gasteiger partial charge is 0.323 e. The van der Waals surface area contributed by atoms with E-state index in [0.29, 0.717) is 6.42 Å². The van der Waals surface area contributed by atoms with Crippen LogP contribution in [0.15, 0.2) is 0 Å². The molecular formula is C9H15NO5S. The third-order valence-electron chi connectivity index (χ3n) is 3.11. The third-order valence-corrected chi connectivity index (χ3v) is 4.84. The van der Waals surface area contributed by atoms with Gasteiger partial charge < -0.3 is 9.84 Å². The van der Waals surface area contributed by atoms with E-state index in [9.17, 15) is 13.2 Å². The predicted octanol–water partition coefficient (Wildman–Crippen LogP) is -0.996. The first-order valence-corrected chi connectivity index (χ1v) is 7.06. The average Bonchev–Trinajstić information content (AvgIpc) is 2.16. The third kappa shape index (κ3) is 2.21. The van der Waals surface area contributed by atoms with Gasteiger partial charge in [-0.2, -0.15) is 0 Å². The molecular weight excluding hydrogens is 234 g/mol. The highest BCUT2D eigenvalue weighted by Gasteiger charge is 2.43. The minimum atomic E-state index is -3.06. The first-order valence-electron chi connectivity index (χ1n) is 5.24. The number of sulfone groups is 1. The zero-order valence-electron chi connectivity index (χ0n) is 8.92. The van der Waals surface area contributed by atoms with Gasteiger partial charge >= 0.3 is 5.97 Å². The molecule has 2 N–H and O–H groups in total. The van der Waals surface area contributed by atoms with E-state index in [2.05, 4.69) is 5.32 Å². The van der Waals surface area contributed by atoms with Gasteiger partial charge in [0.2, 0.25) is 0 Å². The van der Waals surface area contributed by atoms with Gasteiger partial charge in [-0.3, -0.25) is 10.1 Å². The molecule has 2 rings (SSSR count). The maximum atomic E-state index is 11.4. The van der Waals surface area contributed by atoms with Crippen LogP contribution >= 0.6 is 0 Å². The summed E-state index contributed by atoms with van der Waals surface area (Å²) >= 11 is 0. The van der Waals surface area contributed by atoms with Crippen molar-refractivity contribution in [3.8, 4) is 0 Å². The van der Waals surface area contributed by atoms with Crippen molar-refractivity contribution in [2.45, 2.75) is 37.6 Å². The summed E-state index contributed by atoms with van der Waals surface area (Å²) in [5.74, 6) is -0.914. The van der Waals surface area contributed by atoms with Crippen molar-refractivity contribution in [2.75, 3.05) is 11.5 Å². The molecule has 0 saturated carbocycles. The van der Waals surface area contributed by atoms with Gasteiger partial charge in [0.15, 0.2) is 9.84 Å². The first-order chi connectivity index (χ1) is 7.39. The standard InChI is InChI=1S/C9H15NO5S/c1-5-8(9(11)12)10-6-4-16(13,14)3-2-7(6)15-5/h5-8,10H,2-4H2,1H3,(H,11,12). The van der Waals surface area contributed by atoms with E-state index >= 15 is 0 Å². The van der Waals surface area contributed by atoms with Crippen molar-refractivity contribution in [3.05, 3.63) is 0 Å². The second-order valence-corrected chi connectivity index (χ2v) is 6.60. The minimum Gasteiger partial charge on any atom is -0.480 e.